The van der Waals surface area contributed by atoms with E-state index in [-0.39, 0.29) is 6.61 Å². The second-order valence-corrected chi connectivity index (χ2v) is 4.34. The fraction of sp³-hybridized carbons (Fsp3) is 0.154. The van der Waals surface area contributed by atoms with Gasteiger partial charge in [0, 0.05) is 25.1 Å². The van der Waals surface area contributed by atoms with Gasteiger partial charge in [-0.2, -0.15) is 0 Å². The maximum Gasteiger partial charge on any atom is 0.144 e. The van der Waals surface area contributed by atoms with E-state index in [4.69, 9.17) is 9.84 Å². The van der Waals surface area contributed by atoms with Crippen LogP contribution in [0.4, 0.5) is 0 Å². The summed E-state index contributed by atoms with van der Waals surface area (Å²) in [4.78, 5) is 3.98. The lowest BCUT2D eigenvalue weighted by Crippen LogP contribution is -1.95. The molecule has 0 radical (unpaired) electrons. The molecule has 0 unspecified atom stereocenters. The van der Waals surface area contributed by atoms with Crippen molar-refractivity contribution in [3.05, 3.63) is 52.8 Å². The summed E-state index contributed by atoms with van der Waals surface area (Å²) in [5.41, 5.74) is 0.985. The SMILES string of the molecule is OCCc1ccccc1Oc1ccncc1Br. The number of pyridine rings is 1. The quantitative estimate of drug-likeness (QED) is 0.941. The Kier molecular flexibility index (Phi) is 4.12. The number of para-hydroxylation sites is 1. The van der Waals surface area contributed by atoms with Crippen LogP contribution in [0, 0.1) is 0 Å². The third-order valence-corrected chi connectivity index (χ3v) is 2.90. The minimum Gasteiger partial charge on any atom is -0.456 e. The summed E-state index contributed by atoms with van der Waals surface area (Å²) in [5.74, 6) is 1.47. The first-order valence-corrected chi connectivity index (χ1v) is 6.06. The van der Waals surface area contributed by atoms with Crippen molar-refractivity contribution >= 4 is 15.9 Å². The molecule has 0 aliphatic heterocycles. The minimum absolute atomic E-state index is 0.109. The summed E-state index contributed by atoms with van der Waals surface area (Å²) in [7, 11) is 0. The highest BCUT2D eigenvalue weighted by Crippen LogP contribution is 2.30. The zero-order valence-electron chi connectivity index (χ0n) is 9.14. The van der Waals surface area contributed by atoms with Crippen molar-refractivity contribution in [3.8, 4) is 11.5 Å². The van der Waals surface area contributed by atoms with Crippen molar-refractivity contribution < 1.29 is 9.84 Å². The van der Waals surface area contributed by atoms with Crippen molar-refractivity contribution in [2.24, 2.45) is 0 Å². The molecule has 1 aromatic carbocycles. The van der Waals surface area contributed by atoms with Gasteiger partial charge < -0.3 is 9.84 Å². The molecule has 2 aromatic rings. The van der Waals surface area contributed by atoms with Gasteiger partial charge in [0.15, 0.2) is 0 Å². The normalized spacial score (nSPS) is 10.2. The summed E-state index contributed by atoms with van der Waals surface area (Å²) >= 11 is 3.38. The fourth-order valence-corrected chi connectivity index (χ4v) is 1.83. The predicted octanol–water partition coefficient (Wildman–Crippen LogP) is 3.17. The van der Waals surface area contributed by atoms with E-state index in [1.165, 1.54) is 0 Å². The van der Waals surface area contributed by atoms with Crippen LogP contribution < -0.4 is 4.74 Å². The van der Waals surface area contributed by atoms with Crippen LogP contribution in [0.25, 0.3) is 0 Å². The van der Waals surface area contributed by atoms with E-state index in [1.807, 2.05) is 24.3 Å². The molecule has 17 heavy (non-hydrogen) atoms. The van der Waals surface area contributed by atoms with E-state index in [1.54, 1.807) is 18.5 Å². The Hall–Kier alpha value is -1.39. The zero-order chi connectivity index (χ0) is 12.1. The highest BCUT2D eigenvalue weighted by Gasteiger charge is 2.06. The molecule has 0 saturated carbocycles. The average Bonchev–Trinajstić information content (AvgIpc) is 2.35. The molecular weight excluding hydrogens is 282 g/mol. The van der Waals surface area contributed by atoms with Crippen LogP contribution in [0.2, 0.25) is 0 Å². The first-order chi connectivity index (χ1) is 8.31. The van der Waals surface area contributed by atoms with Crippen molar-refractivity contribution in [2.45, 2.75) is 6.42 Å². The van der Waals surface area contributed by atoms with Gasteiger partial charge in [0.2, 0.25) is 0 Å². The Balaban J connectivity index is 2.27. The third kappa shape index (κ3) is 3.05. The van der Waals surface area contributed by atoms with Gasteiger partial charge in [-0.25, -0.2) is 0 Å². The molecule has 0 saturated heterocycles. The molecule has 0 spiro atoms. The van der Waals surface area contributed by atoms with Crippen LogP contribution in [0.1, 0.15) is 5.56 Å². The lowest BCUT2D eigenvalue weighted by atomic mass is 10.1. The van der Waals surface area contributed by atoms with Crippen molar-refractivity contribution in [1.82, 2.24) is 4.98 Å². The molecule has 3 nitrogen and oxygen atoms in total. The molecule has 88 valence electrons. The smallest absolute Gasteiger partial charge is 0.144 e. The largest absolute Gasteiger partial charge is 0.456 e. The lowest BCUT2D eigenvalue weighted by molar-refractivity contribution is 0.298. The minimum atomic E-state index is 0.109. The number of ether oxygens (including phenoxy) is 1. The molecule has 0 atom stereocenters. The van der Waals surface area contributed by atoms with E-state index >= 15 is 0 Å². The van der Waals surface area contributed by atoms with E-state index in [0.717, 1.165) is 15.8 Å². The van der Waals surface area contributed by atoms with E-state index in [2.05, 4.69) is 20.9 Å². The van der Waals surface area contributed by atoms with Gasteiger partial charge in [-0.05, 0) is 34.0 Å². The number of nitrogens with zero attached hydrogens (tertiary/aromatic N) is 1. The van der Waals surface area contributed by atoms with Gasteiger partial charge >= 0.3 is 0 Å². The first kappa shape index (κ1) is 12.1. The molecule has 0 fully saturated rings. The summed E-state index contributed by atoms with van der Waals surface area (Å²) in [6.45, 7) is 0.109. The van der Waals surface area contributed by atoms with Crippen LogP contribution in [0.3, 0.4) is 0 Å². The second kappa shape index (κ2) is 5.80. The molecule has 1 heterocycles. The Morgan fingerprint density at radius 3 is 2.76 bits per heavy atom. The number of rotatable bonds is 4. The molecule has 0 aliphatic carbocycles. The number of hydrogen-bond donors (Lipinski definition) is 1. The standard InChI is InChI=1S/C13H12BrNO2/c14-11-9-15-7-5-13(11)17-12-4-2-1-3-10(12)6-8-16/h1-5,7,9,16H,6,8H2. The molecule has 0 aliphatic rings. The molecule has 1 N–H and O–H groups in total. The lowest BCUT2D eigenvalue weighted by Gasteiger charge is -2.11. The third-order valence-electron chi connectivity index (χ3n) is 2.31. The number of aliphatic hydroxyl groups is 1. The van der Waals surface area contributed by atoms with E-state index in [0.29, 0.717) is 12.2 Å². The zero-order valence-corrected chi connectivity index (χ0v) is 10.7. The van der Waals surface area contributed by atoms with E-state index in [9.17, 15) is 0 Å². The number of hydrogen-bond acceptors (Lipinski definition) is 3. The van der Waals surface area contributed by atoms with Gasteiger partial charge in [0.25, 0.3) is 0 Å². The van der Waals surface area contributed by atoms with Crippen LogP contribution >= 0.6 is 15.9 Å². The number of benzene rings is 1. The Morgan fingerprint density at radius 1 is 1.18 bits per heavy atom. The Morgan fingerprint density at radius 2 is 2.00 bits per heavy atom. The van der Waals surface area contributed by atoms with Crippen molar-refractivity contribution in [3.63, 3.8) is 0 Å². The highest BCUT2D eigenvalue weighted by molar-refractivity contribution is 9.10. The van der Waals surface area contributed by atoms with Crippen molar-refractivity contribution in [2.75, 3.05) is 6.61 Å². The average molecular weight is 294 g/mol. The maximum atomic E-state index is 8.99. The fourth-order valence-electron chi connectivity index (χ4n) is 1.49. The van der Waals surface area contributed by atoms with Crippen LogP contribution in [-0.4, -0.2) is 16.7 Å². The summed E-state index contributed by atoms with van der Waals surface area (Å²) in [6, 6.07) is 9.46. The van der Waals surface area contributed by atoms with Crippen molar-refractivity contribution in [1.29, 1.82) is 0 Å². The Labute approximate surface area is 108 Å². The van der Waals surface area contributed by atoms with Gasteiger partial charge in [0.1, 0.15) is 11.5 Å². The summed E-state index contributed by atoms with van der Waals surface area (Å²) < 4.78 is 6.60. The summed E-state index contributed by atoms with van der Waals surface area (Å²) in [5, 5.41) is 8.99. The molecule has 1 aromatic heterocycles. The molecule has 4 heteroatoms. The molecule has 0 amide bonds. The van der Waals surface area contributed by atoms with Gasteiger partial charge in [-0.15, -0.1) is 0 Å². The number of aliphatic hydroxyl groups excluding tert-OH is 1. The van der Waals surface area contributed by atoms with Gasteiger partial charge in [0.05, 0.1) is 4.47 Å². The highest BCUT2D eigenvalue weighted by atomic mass is 79.9. The summed E-state index contributed by atoms with van der Waals surface area (Å²) in [6.07, 6.45) is 3.94. The predicted molar refractivity (Wildman–Crippen MR) is 69.2 cm³/mol. The van der Waals surface area contributed by atoms with Gasteiger partial charge in [-0.3, -0.25) is 4.98 Å². The van der Waals surface area contributed by atoms with Crippen LogP contribution in [0.15, 0.2) is 47.2 Å². The van der Waals surface area contributed by atoms with E-state index < -0.39 is 0 Å². The molecule has 2 rings (SSSR count). The second-order valence-electron chi connectivity index (χ2n) is 3.49. The monoisotopic (exact) mass is 293 g/mol. The number of halogens is 1. The topological polar surface area (TPSA) is 42.4 Å². The first-order valence-electron chi connectivity index (χ1n) is 5.27. The molecule has 0 bridgehead atoms. The Bertz CT molecular complexity index is 502. The van der Waals surface area contributed by atoms with Crippen LogP contribution in [0.5, 0.6) is 11.5 Å². The van der Waals surface area contributed by atoms with Gasteiger partial charge in [-0.1, -0.05) is 18.2 Å². The molecular formula is C13H12BrNO2. The maximum absolute atomic E-state index is 8.99. The van der Waals surface area contributed by atoms with Crippen LogP contribution in [-0.2, 0) is 6.42 Å². The number of aromatic nitrogens is 1.